The van der Waals surface area contributed by atoms with Crippen LogP contribution in [0.2, 0.25) is 5.02 Å². The number of aromatic hydroxyl groups is 1. The first-order chi connectivity index (χ1) is 12.9. The van der Waals surface area contributed by atoms with E-state index in [-0.39, 0.29) is 18.0 Å². The number of nitrogens with one attached hydrogen (secondary N) is 1. The summed E-state index contributed by atoms with van der Waals surface area (Å²) in [7, 11) is 0. The van der Waals surface area contributed by atoms with Gasteiger partial charge in [-0.3, -0.25) is 4.90 Å². The molecule has 3 aromatic rings. The van der Waals surface area contributed by atoms with E-state index in [4.69, 9.17) is 11.6 Å². The van der Waals surface area contributed by atoms with E-state index in [2.05, 4.69) is 5.32 Å². The van der Waals surface area contributed by atoms with Crippen LogP contribution in [0.1, 0.15) is 5.56 Å². The van der Waals surface area contributed by atoms with Gasteiger partial charge in [0.25, 0.3) is 0 Å². The normalized spacial score (nSPS) is 10.5. The zero-order valence-corrected chi connectivity index (χ0v) is 14.8. The third-order valence-electron chi connectivity index (χ3n) is 3.84. The van der Waals surface area contributed by atoms with Gasteiger partial charge in [0.05, 0.1) is 12.2 Å². The Morgan fingerprint density at radius 3 is 2.48 bits per heavy atom. The lowest BCUT2D eigenvalue weighted by molar-refractivity contribution is 0.256. The molecule has 3 rings (SSSR count). The van der Waals surface area contributed by atoms with E-state index in [0.29, 0.717) is 22.3 Å². The second-order valence-electron chi connectivity index (χ2n) is 5.75. The van der Waals surface area contributed by atoms with Gasteiger partial charge in [-0.05, 0) is 42.5 Å². The average molecular weight is 389 g/mol. The molecule has 2 amide bonds. The molecule has 0 bridgehead atoms. The molecule has 0 heterocycles. The van der Waals surface area contributed by atoms with Crippen LogP contribution in [-0.4, -0.2) is 11.1 Å². The maximum Gasteiger partial charge on any atom is 0.326 e. The number of urea groups is 1. The van der Waals surface area contributed by atoms with E-state index in [0.717, 1.165) is 17.0 Å². The predicted molar refractivity (Wildman–Crippen MR) is 101 cm³/mol. The lowest BCUT2D eigenvalue weighted by Gasteiger charge is -2.24. The smallest absolute Gasteiger partial charge is 0.326 e. The second kappa shape index (κ2) is 8.05. The number of anilines is 2. The zero-order valence-electron chi connectivity index (χ0n) is 14.0. The van der Waals surface area contributed by atoms with Crippen molar-refractivity contribution >= 4 is 29.0 Å². The van der Waals surface area contributed by atoms with Crippen LogP contribution in [0.4, 0.5) is 25.0 Å². The molecular formula is C20H15ClF2N2O2. The standard InChI is InChI=1S/C20H15ClF2N2O2/c21-14-6-9-19(26)13(10-14)12-25(18-8-7-15(22)11-17(18)23)20(27)24-16-4-2-1-3-5-16/h1-11,26H,12H2,(H,24,27). The van der Waals surface area contributed by atoms with Gasteiger partial charge >= 0.3 is 6.03 Å². The van der Waals surface area contributed by atoms with Crippen LogP contribution in [0.3, 0.4) is 0 Å². The van der Waals surface area contributed by atoms with Crippen molar-refractivity contribution in [2.24, 2.45) is 0 Å². The third kappa shape index (κ3) is 4.54. The van der Waals surface area contributed by atoms with E-state index in [1.165, 1.54) is 18.2 Å². The number of phenolic OH excluding ortho intramolecular Hbond substituents is 1. The number of para-hydroxylation sites is 1. The van der Waals surface area contributed by atoms with Crippen molar-refractivity contribution in [3.05, 3.63) is 89.0 Å². The van der Waals surface area contributed by atoms with Crippen LogP contribution in [0.25, 0.3) is 0 Å². The number of carbonyl (C=O) groups excluding carboxylic acids is 1. The predicted octanol–water partition coefficient (Wildman–Crippen LogP) is 5.56. The van der Waals surface area contributed by atoms with E-state index in [1.807, 2.05) is 0 Å². The molecule has 27 heavy (non-hydrogen) atoms. The molecule has 0 spiro atoms. The third-order valence-corrected chi connectivity index (χ3v) is 4.08. The number of halogens is 3. The van der Waals surface area contributed by atoms with Gasteiger partial charge in [-0.2, -0.15) is 0 Å². The van der Waals surface area contributed by atoms with Crippen LogP contribution in [0, 0.1) is 11.6 Å². The number of rotatable bonds is 4. The van der Waals surface area contributed by atoms with Crippen LogP contribution >= 0.6 is 11.6 Å². The lowest BCUT2D eigenvalue weighted by atomic mass is 10.1. The molecule has 3 aromatic carbocycles. The van der Waals surface area contributed by atoms with Crippen molar-refractivity contribution < 1.29 is 18.7 Å². The Labute approximate surface area is 159 Å². The Kier molecular flexibility index (Phi) is 5.57. The SMILES string of the molecule is O=C(Nc1ccccc1)N(Cc1cc(Cl)ccc1O)c1ccc(F)cc1F. The summed E-state index contributed by atoms with van der Waals surface area (Å²) in [5, 5.41) is 13.0. The van der Waals surface area contributed by atoms with Crippen LogP contribution in [0.15, 0.2) is 66.7 Å². The summed E-state index contributed by atoms with van der Waals surface area (Å²) in [6.45, 7) is -0.173. The molecule has 0 unspecified atom stereocenters. The topological polar surface area (TPSA) is 52.6 Å². The van der Waals surface area contributed by atoms with Gasteiger partial charge in [-0.1, -0.05) is 29.8 Å². The maximum absolute atomic E-state index is 14.3. The summed E-state index contributed by atoms with van der Waals surface area (Å²) in [6.07, 6.45) is 0. The van der Waals surface area contributed by atoms with E-state index in [9.17, 15) is 18.7 Å². The van der Waals surface area contributed by atoms with Crippen molar-refractivity contribution in [2.45, 2.75) is 6.54 Å². The molecule has 7 heteroatoms. The van der Waals surface area contributed by atoms with E-state index in [1.54, 1.807) is 30.3 Å². The molecule has 4 nitrogen and oxygen atoms in total. The van der Waals surface area contributed by atoms with Gasteiger partial charge in [-0.25, -0.2) is 13.6 Å². The molecule has 0 saturated heterocycles. The summed E-state index contributed by atoms with van der Waals surface area (Å²) in [6, 6.07) is 15.2. The Morgan fingerprint density at radius 1 is 1.04 bits per heavy atom. The summed E-state index contributed by atoms with van der Waals surface area (Å²) in [5.74, 6) is -1.76. The number of amides is 2. The molecule has 0 aromatic heterocycles. The van der Waals surface area contributed by atoms with Crippen molar-refractivity contribution in [2.75, 3.05) is 10.2 Å². The molecule has 0 fully saturated rings. The van der Waals surface area contributed by atoms with Crippen molar-refractivity contribution in [3.63, 3.8) is 0 Å². The minimum atomic E-state index is -0.903. The molecule has 0 atom stereocenters. The largest absolute Gasteiger partial charge is 0.508 e. The number of carbonyl (C=O) groups is 1. The first-order valence-corrected chi connectivity index (χ1v) is 8.38. The Balaban J connectivity index is 1.97. The molecule has 0 aliphatic carbocycles. The van der Waals surface area contributed by atoms with Gasteiger partial charge in [-0.15, -0.1) is 0 Å². The zero-order chi connectivity index (χ0) is 19.4. The number of phenols is 1. The fraction of sp³-hybridized carbons (Fsp3) is 0.0500. The maximum atomic E-state index is 14.3. The number of nitrogens with zero attached hydrogens (tertiary/aromatic N) is 1. The van der Waals surface area contributed by atoms with Gasteiger partial charge < -0.3 is 10.4 Å². The molecule has 0 saturated carbocycles. The molecule has 138 valence electrons. The van der Waals surface area contributed by atoms with Crippen molar-refractivity contribution in [1.29, 1.82) is 0 Å². The quantitative estimate of drug-likeness (QED) is 0.614. The van der Waals surface area contributed by atoms with Crippen molar-refractivity contribution in [3.8, 4) is 5.75 Å². The highest BCUT2D eigenvalue weighted by Crippen LogP contribution is 2.28. The molecule has 0 aliphatic rings. The Hall–Kier alpha value is -3.12. The summed E-state index contributed by atoms with van der Waals surface area (Å²) >= 11 is 5.95. The first-order valence-electron chi connectivity index (χ1n) is 8.00. The highest BCUT2D eigenvalue weighted by Gasteiger charge is 2.21. The fourth-order valence-electron chi connectivity index (χ4n) is 2.53. The number of hydrogen-bond donors (Lipinski definition) is 2. The lowest BCUT2D eigenvalue weighted by Crippen LogP contribution is -2.35. The van der Waals surface area contributed by atoms with Gasteiger partial charge in [0.1, 0.15) is 17.4 Å². The molecular weight excluding hydrogens is 374 g/mol. The van der Waals surface area contributed by atoms with Gasteiger partial charge in [0.15, 0.2) is 0 Å². The second-order valence-corrected chi connectivity index (χ2v) is 6.19. The van der Waals surface area contributed by atoms with Gasteiger partial charge in [0, 0.05) is 22.3 Å². The monoisotopic (exact) mass is 388 g/mol. The summed E-state index contributed by atoms with van der Waals surface area (Å²) < 4.78 is 27.6. The van der Waals surface area contributed by atoms with E-state index >= 15 is 0 Å². The molecule has 0 aliphatic heterocycles. The van der Waals surface area contributed by atoms with E-state index < -0.39 is 17.7 Å². The first kappa shape index (κ1) is 18.7. The minimum Gasteiger partial charge on any atom is -0.508 e. The fourth-order valence-corrected chi connectivity index (χ4v) is 2.72. The van der Waals surface area contributed by atoms with Gasteiger partial charge in [0.2, 0.25) is 0 Å². The Morgan fingerprint density at radius 2 is 1.78 bits per heavy atom. The Bertz CT molecular complexity index is 967. The van der Waals surface area contributed by atoms with Crippen LogP contribution < -0.4 is 10.2 Å². The van der Waals surface area contributed by atoms with Crippen molar-refractivity contribution in [1.82, 2.24) is 0 Å². The van der Waals surface area contributed by atoms with Crippen LogP contribution in [-0.2, 0) is 6.54 Å². The number of hydrogen-bond acceptors (Lipinski definition) is 2. The molecule has 0 radical (unpaired) electrons. The highest BCUT2D eigenvalue weighted by molar-refractivity contribution is 6.30. The highest BCUT2D eigenvalue weighted by atomic mass is 35.5. The minimum absolute atomic E-state index is 0.0977. The van der Waals surface area contributed by atoms with Crippen LogP contribution in [0.5, 0.6) is 5.75 Å². The number of benzene rings is 3. The summed E-state index contributed by atoms with van der Waals surface area (Å²) in [4.78, 5) is 13.9. The average Bonchev–Trinajstić information content (AvgIpc) is 2.64. The summed E-state index contributed by atoms with van der Waals surface area (Å²) in [5.41, 5.74) is 0.684. The molecule has 2 N–H and O–H groups in total.